The summed E-state index contributed by atoms with van der Waals surface area (Å²) in [4.78, 5) is 28.8. The van der Waals surface area contributed by atoms with Crippen LogP contribution < -0.4 is 15.8 Å². The van der Waals surface area contributed by atoms with Gasteiger partial charge in [-0.25, -0.2) is 4.79 Å². The summed E-state index contributed by atoms with van der Waals surface area (Å²) in [6.07, 6.45) is 8.85. The van der Waals surface area contributed by atoms with Gasteiger partial charge >= 0.3 is 6.09 Å². The predicted molar refractivity (Wildman–Crippen MR) is 129 cm³/mol. The lowest BCUT2D eigenvalue weighted by Gasteiger charge is -2.31. The van der Waals surface area contributed by atoms with Crippen molar-refractivity contribution in [3.8, 4) is 0 Å². The van der Waals surface area contributed by atoms with Crippen molar-refractivity contribution < 1.29 is 9.53 Å². The molecule has 1 aromatic carbocycles. The van der Waals surface area contributed by atoms with Gasteiger partial charge in [0, 0.05) is 35.5 Å². The molecule has 0 spiro atoms. The first-order valence-electron chi connectivity index (χ1n) is 11.6. The third-order valence-corrected chi connectivity index (χ3v) is 7.61. The molecule has 1 fully saturated rings. The molecule has 0 atom stereocenters. The molecule has 1 saturated carbocycles. The van der Waals surface area contributed by atoms with Crippen molar-refractivity contribution in [2.45, 2.75) is 75.8 Å². The number of pyridine rings is 1. The van der Waals surface area contributed by atoms with E-state index in [1.807, 2.05) is 16.3 Å². The number of nitrogens with zero attached hydrogens (tertiary/aromatic N) is 2. The van der Waals surface area contributed by atoms with E-state index in [2.05, 4.69) is 29.3 Å². The van der Waals surface area contributed by atoms with E-state index < -0.39 is 6.09 Å². The number of aryl methyl sites for hydroxylation is 1. The fourth-order valence-electron chi connectivity index (χ4n) is 4.88. The SMILES string of the molecule is CCCCCn1c(=O)cc(NC(=O)OC)c2cc3c(cc21)N(C1CCCC1)CCCS3. The van der Waals surface area contributed by atoms with E-state index in [0.717, 1.165) is 48.9 Å². The zero-order valence-corrected chi connectivity index (χ0v) is 19.4. The van der Waals surface area contributed by atoms with Gasteiger partial charge < -0.3 is 14.2 Å². The fraction of sp³-hybridized carbons (Fsp3) is 0.583. The number of aromatic nitrogens is 1. The maximum Gasteiger partial charge on any atom is 0.411 e. The second-order valence-corrected chi connectivity index (χ2v) is 9.68. The van der Waals surface area contributed by atoms with E-state index in [4.69, 9.17) is 4.74 Å². The van der Waals surface area contributed by atoms with Crippen LogP contribution in [0.25, 0.3) is 10.9 Å². The van der Waals surface area contributed by atoms with Gasteiger partial charge in [-0.05, 0) is 43.6 Å². The van der Waals surface area contributed by atoms with Crippen molar-refractivity contribution in [1.29, 1.82) is 0 Å². The minimum Gasteiger partial charge on any atom is -0.453 e. The third kappa shape index (κ3) is 4.71. The molecule has 2 heterocycles. The van der Waals surface area contributed by atoms with Crippen molar-refractivity contribution >= 4 is 40.1 Å². The summed E-state index contributed by atoms with van der Waals surface area (Å²) in [6.45, 7) is 3.92. The molecular weight excluding hydrogens is 410 g/mol. The highest BCUT2D eigenvalue weighted by Crippen LogP contribution is 2.41. The Kier molecular flexibility index (Phi) is 7.10. The molecule has 2 aromatic rings. The monoisotopic (exact) mass is 443 g/mol. The molecule has 0 unspecified atom stereocenters. The molecule has 31 heavy (non-hydrogen) atoms. The second-order valence-electron chi connectivity index (χ2n) is 8.54. The Labute approximate surface area is 188 Å². The Morgan fingerprint density at radius 2 is 2.00 bits per heavy atom. The largest absolute Gasteiger partial charge is 0.453 e. The standard InChI is InChI=1S/C24H33N3O3S/c1-3-4-7-11-27-20-16-21-22(31-13-8-12-26(21)17-9-5-6-10-17)14-18(20)19(15-23(27)28)25-24(29)30-2/h14-17H,3-13H2,1-2H3,(H,25,29). The Bertz CT molecular complexity index is 998. The molecular formula is C24H33N3O3S. The van der Waals surface area contributed by atoms with Gasteiger partial charge in [-0.15, -0.1) is 11.8 Å². The van der Waals surface area contributed by atoms with Crippen molar-refractivity contribution in [3.63, 3.8) is 0 Å². The zero-order valence-electron chi connectivity index (χ0n) is 18.6. The van der Waals surface area contributed by atoms with Gasteiger partial charge in [-0.2, -0.15) is 0 Å². The van der Waals surface area contributed by atoms with Crippen molar-refractivity contribution in [2.75, 3.05) is 29.6 Å². The molecule has 1 N–H and O–H groups in total. The van der Waals surface area contributed by atoms with Gasteiger partial charge in [-0.3, -0.25) is 10.1 Å². The molecule has 7 heteroatoms. The van der Waals surface area contributed by atoms with Gasteiger partial charge in [0.1, 0.15) is 0 Å². The normalized spacial score (nSPS) is 16.9. The number of fused-ring (bicyclic) bond motifs is 2. The van der Waals surface area contributed by atoms with Crippen molar-refractivity contribution in [2.24, 2.45) is 0 Å². The maximum absolute atomic E-state index is 13.0. The van der Waals surface area contributed by atoms with Crippen LogP contribution in [0.5, 0.6) is 0 Å². The quantitative estimate of drug-likeness (QED) is 0.588. The number of anilines is 2. The minimum absolute atomic E-state index is 0.0800. The first-order chi connectivity index (χ1) is 15.1. The lowest BCUT2D eigenvalue weighted by Crippen LogP contribution is -2.34. The zero-order chi connectivity index (χ0) is 21.8. The molecule has 1 amide bonds. The number of hydrogen-bond acceptors (Lipinski definition) is 5. The molecule has 4 rings (SSSR count). The van der Waals surface area contributed by atoms with Crippen LogP contribution in [0.4, 0.5) is 16.2 Å². The van der Waals surface area contributed by atoms with Gasteiger partial charge in [-0.1, -0.05) is 32.6 Å². The third-order valence-electron chi connectivity index (χ3n) is 6.48. The molecule has 2 aliphatic rings. The number of rotatable bonds is 6. The number of nitrogens with one attached hydrogen (secondary N) is 1. The first kappa shape index (κ1) is 22.1. The number of amides is 1. The topological polar surface area (TPSA) is 63.6 Å². The predicted octanol–water partition coefficient (Wildman–Crippen LogP) is 5.61. The number of hydrogen-bond donors (Lipinski definition) is 1. The Hall–Kier alpha value is -2.15. The van der Waals surface area contributed by atoms with Crippen LogP contribution in [0.15, 0.2) is 27.9 Å². The van der Waals surface area contributed by atoms with E-state index in [1.54, 1.807) is 0 Å². The summed E-state index contributed by atoms with van der Waals surface area (Å²) in [5, 5.41) is 3.67. The number of carbonyl (C=O) groups excluding carboxylic acids is 1. The molecule has 1 aromatic heterocycles. The van der Waals surface area contributed by atoms with E-state index in [1.165, 1.54) is 49.4 Å². The van der Waals surface area contributed by atoms with Crippen molar-refractivity contribution in [1.82, 2.24) is 4.57 Å². The molecule has 0 saturated heterocycles. The number of carbonyl (C=O) groups is 1. The summed E-state index contributed by atoms with van der Waals surface area (Å²) in [5.41, 5.74) is 2.60. The number of ether oxygens (including phenoxy) is 1. The average molecular weight is 444 g/mol. The molecule has 1 aliphatic carbocycles. The smallest absolute Gasteiger partial charge is 0.411 e. The highest BCUT2D eigenvalue weighted by Gasteiger charge is 2.27. The lowest BCUT2D eigenvalue weighted by atomic mass is 10.1. The Morgan fingerprint density at radius 3 is 2.74 bits per heavy atom. The van der Waals surface area contributed by atoms with Crippen LogP contribution >= 0.6 is 11.8 Å². The van der Waals surface area contributed by atoms with Crippen LogP contribution in [0, 0.1) is 0 Å². The first-order valence-corrected chi connectivity index (χ1v) is 12.6. The van der Waals surface area contributed by atoms with Crippen LogP contribution in [0.1, 0.15) is 58.3 Å². The van der Waals surface area contributed by atoms with E-state index in [9.17, 15) is 9.59 Å². The van der Waals surface area contributed by atoms with Gasteiger partial charge in [0.15, 0.2) is 0 Å². The Morgan fingerprint density at radius 1 is 1.19 bits per heavy atom. The van der Waals surface area contributed by atoms with Crippen LogP contribution in [0.2, 0.25) is 0 Å². The molecule has 6 nitrogen and oxygen atoms in total. The van der Waals surface area contributed by atoms with Gasteiger partial charge in [0.05, 0.1) is 24.0 Å². The summed E-state index contributed by atoms with van der Waals surface area (Å²) >= 11 is 1.88. The van der Waals surface area contributed by atoms with Crippen molar-refractivity contribution in [3.05, 3.63) is 28.6 Å². The summed E-state index contributed by atoms with van der Waals surface area (Å²) < 4.78 is 6.68. The van der Waals surface area contributed by atoms with E-state index in [0.29, 0.717) is 18.3 Å². The molecule has 0 bridgehead atoms. The van der Waals surface area contributed by atoms with Gasteiger partial charge in [0.25, 0.3) is 5.56 Å². The fourth-order valence-corrected chi connectivity index (χ4v) is 5.90. The van der Waals surface area contributed by atoms with Gasteiger partial charge in [0.2, 0.25) is 0 Å². The molecule has 168 valence electrons. The van der Waals surface area contributed by atoms with Crippen LogP contribution in [0.3, 0.4) is 0 Å². The molecule has 0 radical (unpaired) electrons. The second kappa shape index (κ2) is 9.98. The number of methoxy groups -OCH3 is 1. The number of thioether (sulfide) groups is 1. The van der Waals surface area contributed by atoms with E-state index in [-0.39, 0.29) is 5.56 Å². The average Bonchev–Trinajstić information content (AvgIpc) is 3.22. The minimum atomic E-state index is -0.556. The Balaban J connectivity index is 1.87. The number of unbranched alkanes of at least 4 members (excludes halogenated alkanes) is 2. The lowest BCUT2D eigenvalue weighted by molar-refractivity contribution is 0.187. The molecule has 1 aliphatic heterocycles. The van der Waals surface area contributed by atoms with E-state index >= 15 is 0 Å². The summed E-state index contributed by atoms with van der Waals surface area (Å²) in [5.74, 6) is 1.08. The highest BCUT2D eigenvalue weighted by atomic mass is 32.2. The summed E-state index contributed by atoms with van der Waals surface area (Å²) in [7, 11) is 1.34. The highest BCUT2D eigenvalue weighted by molar-refractivity contribution is 7.99. The number of benzene rings is 1. The van der Waals surface area contributed by atoms with Crippen LogP contribution in [-0.4, -0.2) is 36.1 Å². The maximum atomic E-state index is 13.0. The van der Waals surface area contributed by atoms with Crippen LogP contribution in [-0.2, 0) is 11.3 Å². The summed E-state index contributed by atoms with van der Waals surface area (Å²) in [6, 6.07) is 6.50.